The van der Waals surface area contributed by atoms with E-state index in [4.69, 9.17) is 0 Å². The van der Waals surface area contributed by atoms with Crippen molar-refractivity contribution in [3.05, 3.63) is 54.4 Å². The quantitative estimate of drug-likeness (QED) is 0.490. The summed E-state index contributed by atoms with van der Waals surface area (Å²) in [4.78, 5) is 1.93. The van der Waals surface area contributed by atoms with E-state index >= 15 is 0 Å². The molecule has 4 aromatic rings. The maximum Gasteiger partial charge on any atom is 0.243 e. The molecule has 11 heteroatoms. The lowest BCUT2D eigenvalue weighted by molar-refractivity contribution is 0.239. The first kappa shape index (κ1) is 18.8. The Labute approximate surface area is 173 Å². The van der Waals surface area contributed by atoms with Gasteiger partial charge in [-0.15, -0.1) is 5.10 Å². The minimum absolute atomic E-state index is 0.0949. The second-order valence-corrected chi connectivity index (χ2v) is 9.31. The van der Waals surface area contributed by atoms with E-state index in [1.165, 1.54) is 15.3 Å². The fourth-order valence-corrected chi connectivity index (χ4v) is 5.44. The van der Waals surface area contributed by atoms with Crippen molar-refractivity contribution in [2.24, 2.45) is 0 Å². The van der Waals surface area contributed by atoms with Crippen LogP contribution in [0.15, 0.2) is 53.7 Å². The molecule has 0 aliphatic carbocycles. The standard InChI is InChI=1S/C19H20N8O2S/c1-14-11-16(8-9-19(14)26-13-20-23-24-26)30(28,29)25-10-4-5-15(12-25)27-21-17-6-2-3-7-18(17)22-27/h2-3,6-9,11,13,15H,4-5,10,12H2,1H3/t15-/m0/s1. The highest BCUT2D eigenvalue weighted by atomic mass is 32.2. The largest absolute Gasteiger partial charge is 0.243 e. The van der Waals surface area contributed by atoms with Crippen LogP contribution >= 0.6 is 0 Å². The second kappa shape index (κ2) is 7.26. The van der Waals surface area contributed by atoms with E-state index in [-0.39, 0.29) is 10.9 Å². The summed E-state index contributed by atoms with van der Waals surface area (Å²) in [6, 6.07) is 12.5. The molecule has 154 valence electrons. The van der Waals surface area contributed by atoms with Crippen molar-refractivity contribution in [3.63, 3.8) is 0 Å². The van der Waals surface area contributed by atoms with Gasteiger partial charge in [0, 0.05) is 13.1 Å². The van der Waals surface area contributed by atoms with Crippen molar-refractivity contribution in [3.8, 4) is 5.69 Å². The van der Waals surface area contributed by atoms with Crippen molar-refractivity contribution >= 4 is 21.1 Å². The van der Waals surface area contributed by atoms with Crippen molar-refractivity contribution in [1.82, 2.24) is 39.5 Å². The normalized spacial score (nSPS) is 18.1. The zero-order valence-corrected chi connectivity index (χ0v) is 17.1. The van der Waals surface area contributed by atoms with E-state index in [1.807, 2.05) is 31.2 Å². The lowest BCUT2D eigenvalue weighted by Gasteiger charge is -2.31. The molecule has 2 aromatic heterocycles. The number of tetrazole rings is 1. The number of sulfonamides is 1. The van der Waals surface area contributed by atoms with Gasteiger partial charge in [0.15, 0.2) is 0 Å². The smallest absolute Gasteiger partial charge is 0.207 e. The molecule has 0 spiro atoms. The van der Waals surface area contributed by atoms with Gasteiger partial charge in [-0.1, -0.05) is 12.1 Å². The van der Waals surface area contributed by atoms with Crippen LogP contribution in [0.5, 0.6) is 0 Å². The Kier molecular flexibility index (Phi) is 4.55. The summed E-state index contributed by atoms with van der Waals surface area (Å²) < 4.78 is 29.7. The van der Waals surface area contributed by atoms with Gasteiger partial charge >= 0.3 is 0 Å². The van der Waals surface area contributed by atoms with E-state index in [0.29, 0.717) is 13.1 Å². The summed E-state index contributed by atoms with van der Waals surface area (Å²) >= 11 is 0. The molecule has 0 radical (unpaired) electrons. The summed E-state index contributed by atoms with van der Waals surface area (Å²) in [6.07, 6.45) is 3.07. The lowest BCUT2D eigenvalue weighted by Crippen LogP contribution is -2.41. The van der Waals surface area contributed by atoms with Crippen molar-refractivity contribution in [1.29, 1.82) is 0 Å². The van der Waals surface area contributed by atoms with Gasteiger partial charge in [0.05, 0.1) is 16.6 Å². The molecule has 10 nitrogen and oxygen atoms in total. The average Bonchev–Trinajstić information content (AvgIpc) is 3.43. The Morgan fingerprint density at radius 3 is 2.50 bits per heavy atom. The number of piperidine rings is 1. The number of rotatable bonds is 4. The van der Waals surface area contributed by atoms with Gasteiger partial charge in [-0.05, 0) is 66.1 Å². The molecule has 1 aliphatic rings. The Bertz CT molecular complexity index is 1270. The Balaban J connectivity index is 1.42. The molecule has 30 heavy (non-hydrogen) atoms. The molecule has 0 N–H and O–H groups in total. The predicted molar refractivity (Wildman–Crippen MR) is 108 cm³/mol. The summed E-state index contributed by atoms with van der Waals surface area (Å²) in [5.41, 5.74) is 3.14. The Morgan fingerprint density at radius 1 is 1.07 bits per heavy atom. The Hall–Kier alpha value is -3.18. The van der Waals surface area contributed by atoms with Crippen molar-refractivity contribution < 1.29 is 8.42 Å². The Morgan fingerprint density at radius 2 is 1.83 bits per heavy atom. The van der Waals surface area contributed by atoms with Crippen LogP contribution in [0.1, 0.15) is 24.4 Å². The number of aromatic nitrogens is 7. The zero-order chi connectivity index (χ0) is 20.7. The minimum Gasteiger partial charge on any atom is -0.207 e. The van der Waals surface area contributed by atoms with Crippen LogP contribution in [0.25, 0.3) is 16.7 Å². The third-order valence-electron chi connectivity index (χ3n) is 5.39. The van der Waals surface area contributed by atoms with Gasteiger partial charge in [-0.2, -0.15) is 19.3 Å². The molecule has 0 saturated carbocycles. The van der Waals surface area contributed by atoms with E-state index < -0.39 is 10.0 Å². The van der Waals surface area contributed by atoms with Crippen molar-refractivity contribution in [2.45, 2.75) is 30.7 Å². The second-order valence-electron chi connectivity index (χ2n) is 7.37. The molecule has 5 rings (SSSR count). The molecule has 0 bridgehead atoms. The maximum atomic E-state index is 13.3. The highest BCUT2D eigenvalue weighted by molar-refractivity contribution is 7.89. The van der Waals surface area contributed by atoms with Gasteiger partial charge in [-0.25, -0.2) is 13.1 Å². The molecule has 2 aromatic carbocycles. The molecular formula is C19H20N8O2S. The summed E-state index contributed by atoms with van der Waals surface area (Å²) in [7, 11) is -3.64. The molecule has 1 fully saturated rings. The molecule has 1 atom stereocenters. The number of fused-ring (bicyclic) bond motifs is 1. The molecule has 1 aliphatic heterocycles. The molecule has 1 saturated heterocycles. The fraction of sp³-hybridized carbons (Fsp3) is 0.316. The van der Waals surface area contributed by atoms with E-state index in [0.717, 1.165) is 35.1 Å². The molecular weight excluding hydrogens is 404 g/mol. The number of hydrogen-bond donors (Lipinski definition) is 0. The monoisotopic (exact) mass is 424 g/mol. The van der Waals surface area contributed by atoms with Gasteiger partial charge in [0.25, 0.3) is 0 Å². The van der Waals surface area contributed by atoms with Crippen LogP contribution in [-0.2, 0) is 10.0 Å². The SMILES string of the molecule is Cc1cc(S(=O)(=O)N2CCC[C@H](n3nc4ccccc4n3)C2)ccc1-n1cnnn1. The van der Waals surface area contributed by atoms with Crippen LogP contribution < -0.4 is 0 Å². The number of aryl methyl sites for hydroxylation is 1. The zero-order valence-electron chi connectivity index (χ0n) is 16.3. The average molecular weight is 424 g/mol. The molecule has 0 unspecified atom stereocenters. The van der Waals surface area contributed by atoms with Gasteiger partial charge in [0.1, 0.15) is 17.4 Å². The maximum absolute atomic E-state index is 13.3. The van der Waals surface area contributed by atoms with Gasteiger partial charge < -0.3 is 0 Å². The van der Waals surface area contributed by atoms with Gasteiger partial charge in [0.2, 0.25) is 10.0 Å². The number of hydrogen-bond acceptors (Lipinski definition) is 7. The number of nitrogens with zero attached hydrogens (tertiary/aromatic N) is 8. The summed E-state index contributed by atoms with van der Waals surface area (Å²) in [5, 5.41) is 20.2. The summed E-state index contributed by atoms with van der Waals surface area (Å²) in [6.45, 7) is 2.67. The highest BCUT2D eigenvalue weighted by Gasteiger charge is 2.32. The van der Waals surface area contributed by atoms with Crippen LogP contribution in [0.2, 0.25) is 0 Å². The first-order chi connectivity index (χ1) is 14.5. The van der Waals surface area contributed by atoms with Crippen LogP contribution in [0, 0.1) is 6.92 Å². The highest BCUT2D eigenvalue weighted by Crippen LogP contribution is 2.28. The lowest BCUT2D eigenvalue weighted by atomic mass is 10.1. The van der Waals surface area contributed by atoms with E-state index in [9.17, 15) is 8.42 Å². The van der Waals surface area contributed by atoms with E-state index in [1.54, 1.807) is 23.0 Å². The van der Waals surface area contributed by atoms with E-state index in [2.05, 4.69) is 25.7 Å². The van der Waals surface area contributed by atoms with Gasteiger partial charge in [-0.3, -0.25) is 0 Å². The molecule has 0 amide bonds. The first-order valence-electron chi connectivity index (χ1n) is 9.68. The summed E-state index contributed by atoms with van der Waals surface area (Å²) in [5.74, 6) is 0. The topological polar surface area (TPSA) is 112 Å². The third-order valence-corrected chi connectivity index (χ3v) is 7.25. The minimum atomic E-state index is -3.64. The first-order valence-corrected chi connectivity index (χ1v) is 11.1. The van der Waals surface area contributed by atoms with Crippen LogP contribution in [0.4, 0.5) is 0 Å². The third kappa shape index (κ3) is 3.25. The predicted octanol–water partition coefficient (Wildman–Crippen LogP) is 1.74. The fourth-order valence-electron chi connectivity index (χ4n) is 3.83. The van der Waals surface area contributed by atoms with Crippen molar-refractivity contribution in [2.75, 3.05) is 13.1 Å². The molecule has 3 heterocycles. The van der Waals surface area contributed by atoms with Crippen LogP contribution in [-0.4, -0.2) is 61.0 Å². The number of benzene rings is 2. The van der Waals surface area contributed by atoms with Crippen LogP contribution in [0.3, 0.4) is 0 Å².